The number of nitrogens with zero attached hydrogens (tertiary/aromatic N) is 1. The smallest absolute Gasteiger partial charge is 0.327 e. The van der Waals surface area contributed by atoms with Gasteiger partial charge in [0, 0.05) is 25.3 Å². The first kappa shape index (κ1) is 17.5. The molecule has 4 heteroatoms. The van der Waals surface area contributed by atoms with E-state index in [0.717, 1.165) is 5.69 Å². The molecular weight excluding hydrogens is 264 g/mol. The fraction of sp³-hybridized carbons (Fsp3) is 0.588. The lowest BCUT2D eigenvalue weighted by Gasteiger charge is -2.35. The minimum absolute atomic E-state index is 0.199. The molecule has 1 atom stereocenters. The SMILES string of the molecule is CCOC(=O)C(C)(CN(C)c1cccc(C)c1)NC(C)C. The van der Waals surface area contributed by atoms with E-state index >= 15 is 0 Å². The molecule has 0 saturated carbocycles. The lowest BCUT2D eigenvalue weighted by Crippen LogP contribution is -2.59. The highest BCUT2D eigenvalue weighted by molar-refractivity contribution is 5.81. The topological polar surface area (TPSA) is 41.6 Å². The first-order chi connectivity index (χ1) is 9.78. The highest BCUT2D eigenvalue weighted by atomic mass is 16.5. The molecule has 0 amide bonds. The first-order valence-electron chi connectivity index (χ1n) is 7.51. The van der Waals surface area contributed by atoms with E-state index in [1.165, 1.54) is 5.56 Å². The van der Waals surface area contributed by atoms with Gasteiger partial charge >= 0.3 is 5.97 Å². The molecule has 0 bridgehead atoms. The van der Waals surface area contributed by atoms with Crippen LogP contribution in [0, 0.1) is 6.92 Å². The number of carbonyl (C=O) groups is 1. The van der Waals surface area contributed by atoms with Gasteiger partial charge in [-0.15, -0.1) is 0 Å². The van der Waals surface area contributed by atoms with E-state index in [1.54, 1.807) is 0 Å². The largest absolute Gasteiger partial charge is 0.465 e. The second-order valence-corrected chi connectivity index (χ2v) is 6.05. The molecule has 0 radical (unpaired) electrons. The van der Waals surface area contributed by atoms with E-state index in [1.807, 2.05) is 46.9 Å². The zero-order valence-electron chi connectivity index (χ0n) is 14.1. The van der Waals surface area contributed by atoms with Crippen molar-refractivity contribution in [3.8, 4) is 0 Å². The molecule has 0 aliphatic rings. The van der Waals surface area contributed by atoms with Crippen molar-refractivity contribution in [2.45, 2.75) is 46.2 Å². The van der Waals surface area contributed by atoms with Crippen LogP contribution in [0.3, 0.4) is 0 Å². The number of hydrogen-bond acceptors (Lipinski definition) is 4. The summed E-state index contributed by atoms with van der Waals surface area (Å²) in [7, 11) is 1.99. The second-order valence-electron chi connectivity index (χ2n) is 6.05. The third kappa shape index (κ3) is 5.05. The number of benzene rings is 1. The van der Waals surface area contributed by atoms with Gasteiger partial charge in [0.2, 0.25) is 0 Å². The molecule has 1 aromatic rings. The quantitative estimate of drug-likeness (QED) is 0.785. The Morgan fingerprint density at radius 1 is 1.43 bits per heavy atom. The van der Waals surface area contributed by atoms with Crippen LogP contribution >= 0.6 is 0 Å². The average Bonchev–Trinajstić information content (AvgIpc) is 2.37. The average molecular weight is 292 g/mol. The van der Waals surface area contributed by atoms with Crippen LogP contribution in [0.5, 0.6) is 0 Å². The minimum atomic E-state index is -0.733. The lowest BCUT2D eigenvalue weighted by molar-refractivity contribution is -0.150. The number of hydrogen-bond donors (Lipinski definition) is 1. The molecule has 0 aliphatic heterocycles. The van der Waals surface area contributed by atoms with Crippen LogP contribution in [0.25, 0.3) is 0 Å². The van der Waals surface area contributed by atoms with Gasteiger partial charge in [0.25, 0.3) is 0 Å². The van der Waals surface area contributed by atoms with Crippen LogP contribution in [0.4, 0.5) is 5.69 Å². The fourth-order valence-electron chi connectivity index (χ4n) is 2.53. The Hall–Kier alpha value is -1.55. The summed E-state index contributed by atoms with van der Waals surface area (Å²) in [5, 5.41) is 3.34. The number of anilines is 1. The van der Waals surface area contributed by atoms with Crippen LogP contribution in [0.1, 0.15) is 33.3 Å². The molecule has 118 valence electrons. The summed E-state index contributed by atoms with van der Waals surface area (Å²) in [4.78, 5) is 14.4. The fourth-order valence-corrected chi connectivity index (χ4v) is 2.53. The summed E-state index contributed by atoms with van der Waals surface area (Å²) >= 11 is 0. The summed E-state index contributed by atoms with van der Waals surface area (Å²) in [5.41, 5.74) is 1.56. The summed E-state index contributed by atoms with van der Waals surface area (Å²) in [6, 6.07) is 8.45. The molecule has 21 heavy (non-hydrogen) atoms. The van der Waals surface area contributed by atoms with Gasteiger partial charge in [0.1, 0.15) is 5.54 Å². The molecule has 1 N–H and O–H groups in total. The highest BCUT2D eigenvalue weighted by Gasteiger charge is 2.36. The van der Waals surface area contributed by atoms with Crippen molar-refractivity contribution >= 4 is 11.7 Å². The Morgan fingerprint density at radius 3 is 2.62 bits per heavy atom. The molecule has 0 fully saturated rings. The third-order valence-corrected chi connectivity index (χ3v) is 3.33. The summed E-state index contributed by atoms with van der Waals surface area (Å²) < 4.78 is 5.24. The predicted molar refractivity (Wildman–Crippen MR) is 87.8 cm³/mol. The van der Waals surface area contributed by atoms with Crippen molar-refractivity contribution < 1.29 is 9.53 Å². The maximum atomic E-state index is 12.3. The molecule has 1 aromatic carbocycles. The van der Waals surface area contributed by atoms with Crippen molar-refractivity contribution in [3.63, 3.8) is 0 Å². The zero-order chi connectivity index (χ0) is 16.0. The Labute approximate surface area is 128 Å². The van der Waals surface area contributed by atoms with Crippen LogP contribution in [0.15, 0.2) is 24.3 Å². The van der Waals surface area contributed by atoms with Crippen molar-refractivity contribution in [3.05, 3.63) is 29.8 Å². The summed E-state index contributed by atoms with van der Waals surface area (Å²) in [6.45, 7) is 10.8. The van der Waals surface area contributed by atoms with Gasteiger partial charge in [0.15, 0.2) is 0 Å². The van der Waals surface area contributed by atoms with Gasteiger partial charge in [-0.3, -0.25) is 5.32 Å². The van der Waals surface area contributed by atoms with E-state index in [9.17, 15) is 4.79 Å². The molecule has 4 nitrogen and oxygen atoms in total. The van der Waals surface area contributed by atoms with Crippen LogP contribution in [0.2, 0.25) is 0 Å². The second kappa shape index (κ2) is 7.46. The molecule has 1 unspecified atom stereocenters. The number of nitrogens with one attached hydrogen (secondary N) is 1. The van der Waals surface area contributed by atoms with E-state index in [0.29, 0.717) is 13.2 Å². The Balaban J connectivity index is 2.92. The predicted octanol–water partition coefficient (Wildman–Crippen LogP) is 2.75. The first-order valence-corrected chi connectivity index (χ1v) is 7.51. The molecule has 1 rings (SSSR count). The van der Waals surface area contributed by atoms with Crippen molar-refractivity contribution in [1.29, 1.82) is 0 Å². The van der Waals surface area contributed by atoms with Crippen LogP contribution in [-0.4, -0.2) is 37.7 Å². The zero-order valence-corrected chi connectivity index (χ0v) is 14.1. The van der Waals surface area contributed by atoms with Crippen LogP contribution in [-0.2, 0) is 9.53 Å². The standard InChI is InChI=1S/C17H28N2O2/c1-7-21-16(20)17(5,18-13(2)3)12-19(6)15-10-8-9-14(4)11-15/h8-11,13,18H,7,12H2,1-6H3. The third-order valence-electron chi connectivity index (χ3n) is 3.33. The van der Waals surface area contributed by atoms with Gasteiger partial charge in [-0.25, -0.2) is 4.79 Å². The van der Waals surface area contributed by atoms with Gasteiger partial charge in [-0.05, 0) is 52.3 Å². The van der Waals surface area contributed by atoms with E-state index in [4.69, 9.17) is 4.74 Å². The van der Waals surface area contributed by atoms with Gasteiger partial charge in [-0.1, -0.05) is 12.1 Å². The maximum Gasteiger partial charge on any atom is 0.327 e. The molecule has 0 saturated heterocycles. The van der Waals surface area contributed by atoms with E-state index in [2.05, 4.69) is 29.3 Å². The molecule has 0 spiro atoms. The highest BCUT2D eigenvalue weighted by Crippen LogP contribution is 2.18. The van der Waals surface area contributed by atoms with Gasteiger partial charge in [-0.2, -0.15) is 0 Å². The van der Waals surface area contributed by atoms with Crippen molar-refractivity contribution in [2.24, 2.45) is 0 Å². The minimum Gasteiger partial charge on any atom is -0.465 e. The van der Waals surface area contributed by atoms with Gasteiger partial charge < -0.3 is 9.64 Å². The Morgan fingerprint density at radius 2 is 2.10 bits per heavy atom. The van der Waals surface area contributed by atoms with Crippen LogP contribution < -0.4 is 10.2 Å². The molecule has 0 aliphatic carbocycles. The summed E-state index contributed by atoms with van der Waals surface area (Å²) in [6.07, 6.45) is 0. The number of esters is 1. The maximum absolute atomic E-state index is 12.3. The number of carbonyl (C=O) groups excluding carboxylic acids is 1. The Bertz CT molecular complexity index is 474. The van der Waals surface area contributed by atoms with E-state index in [-0.39, 0.29) is 12.0 Å². The monoisotopic (exact) mass is 292 g/mol. The molecular formula is C17H28N2O2. The Kier molecular flexibility index (Phi) is 6.21. The molecule has 0 heterocycles. The number of ether oxygens (including phenoxy) is 1. The molecule has 0 aromatic heterocycles. The van der Waals surface area contributed by atoms with Crippen molar-refractivity contribution in [1.82, 2.24) is 5.32 Å². The number of likely N-dealkylation sites (N-methyl/N-ethyl adjacent to an activating group) is 1. The number of aryl methyl sites for hydroxylation is 1. The normalized spacial score (nSPS) is 13.9. The van der Waals surface area contributed by atoms with E-state index < -0.39 is 5.54 Å². The van der Waals surface area contributed by atoms with Crippen molar-refractivity contribution in [2.75, 3.05) is 25.1 Å². The summed E-state index contributed by atoms with van der Waals surface area (Å²) in [5.74, 6) is -0.210. The van der Waals surface area contributed by atoms with Gasteiger partial charge in [0.05, 0.1) is 6.61 Å². The lowest BCUT2D eigenvalue weighted by atomic mass is 10.00. The number of rotatable bonds is 7.